The average Bonchev–Trinajstić information content (AvgIpc) is 2.57. The molecule has 0 heterocycles. The molecule has 2 N–H and O–H groups in total. The summed E-state index contributed by atoms with van der Waals surface area (Å²) in [6, 6.07) is 8.11. The first-order valence-corrected chi connectivity index (χ1v) is 8.47. The zero-order valence-corrected chi connectivity index (χ0v) is 15.7. The quantitative estimate of drug-likeness (QED) is 0.528. The lowest BCUT2D eigenvalue weighted by atomic mass is 9.98. The Morgan fingerprint density at radius 3 is 2.50 bits per heavy atom. The van der Waals surface area contributed by atoms with Gasteiger partial charge in [-0.25, -0.2) is 9.18 Å². The van der Waals surface area contributed by atoms with Gasteiger partial charge in [-0.3, -0.25) is 10.1 Å². The Morgan fingerprint density at radius 2 is 1.93 bits per heavy atom. The molecule has 0 aliphatic carbocycles. The van der Waals surface area contributed by atoms with Gasteiger partial charge in [0.15, 0.2) is 11.5 Å². The van der Waals surface area contributed by atoms with Crippen molar-refractivity contribution in [3.63, 3.8) is 0 Å². The van der Waals surface area contributed by atoms with Crippen LogP contribution in [0, 0.1) is 15.9 Å². The van der Waals surface area contributed by atoms with Gasteiger partial charge in [0.1, 0.15) is 17.2 Å². The fourth-order valence-corrected chi connectivity index (χ4v) is 2.59. The molecule has 0 aliphatic heterocycles. The van der Waals surface area contributed by atoms with E-state index in [2.05, 4.69) is 0 Å². The maximum atomic E-state index is 14.5. The molecule has 150 valence electrons. The normalized spacial score (nSPS) is 11.0. The second-order valence-corrected chi connectivity index (χ2v) is 6.53. The van der Waals surface area contributed by atoms with E-state index >= 15 is 0 Å². The maximum Gasteiger partial charge on any atom is 0.405 e. The third-order valence-electron chi connectivity index (χ3n) is 3.68. The van der Waals surface area contributed by atoms with Crippen molar-refractivity contribution in [3.8, 4) is 17.2 Å². The molecule has 0 unspecified atom stereocenters. The minimum Gasteiger partial charge on any atom is -0.490 e. The van der Waals surface area contributed by atoms with E-state index in [0.29, 0.717) is 5.56 Å². The Bertz CT molecular complexity index is 885. The number of nitro groups is 1. The van der Waals surface area contributed by atoms with Crippen molar-refractivity contribution >= 4 is 11.8 Å². The van der Waals surface area contributed by atoms with Gasteiger partial charge < -0.3 is 19.9 Å². The van der Waals surface area contributed by atoms with Crippen LogP contribution >= 0.6 is 0 Å². The number of non-ortho nitro benzene ring substituents is 1. The summed E-state index contributed by atoms with van der Waals surface area (Å²) in [5, 5.41) is 10.9. The highest BCUT2D eigenvalue weighted by Crippen LogP contribution is 2.35. The summed E-state index contributed by atoms with van der Waals surface area (Å²) in [5.74, 6) is 0.0253. The van der Waals surface area contributed by atoms with Crippen molar-refractivity contribution in [3.05, 3.63) is 57.9 Å². The van der Waals surface area contributed by atoms with E-state index in [-0.39, 0.29) is 36.0 Å². The van der Waals surface area contributed by atoms with Crippen molar-refractivity contribution in [1.29, 1.82) is 0 Å². The molecule has 0 aliphatic rings. The number of carbonyl (C=O) groups excluding carboxylic acids is 1. The number of nitrogens with two attached hydrogens (primary N) is 1. The first-order chi connectivity index (χ1) is 13.1. The van der Waals surface area contributed by atoms with Gasteiger partial charge in [0, 0.05) is 18.6 Å². The molecule has 0 saturated carbocycles. The fraction of sp³-hybridized carbons (Fsp3) is 0.316. The van der Waals surface area contributed by atoms with Crippen molar-refractivity contribution < 1.29 is 28.3 Å². The van der Waals surface area contributed by atoms with Crippen LogP contribution in [0.15, 0.2) is 36.4 Å². The monoisotopic (exact) mass is 392 g/mol. The summed E-state index contributed by atoms with van der Waals surface area (Å²) in [6.45, 7) is 5.24. The minimum atomic E-state index is -0.977. The Labute approximate surface area is 161 Å². The molecule has 0 spiro atoms. The highest BCUT2D eigenvalue weighted by Gasteiger charge is 2.24. The maximum absolute atomic E-state index is 14.5. The van der Waals surface area contributed by atoms with Crippen molar-refractivity contribution in [1.82, 2.24) is 0 Å². The van der Waals surface area contributed by atoms with Gasteiger partial charge >= 0.3 is 6.09 Å². The number of carbonyl (C=O) groups is 1. The molecule has 8 nitrogen and oxygen atoms in total. The number of primary amides is 1. The van der Waals surface area contributed by atoms with Crippen molar-refractivity contribution in [2.45, 2.75) is 32.8 Å². The van der Waals surface area contributed by atoms with Crippen LogP contribution in [-0.2, 0) is 11.2 Å². The lowest BCUT2D eigenvalue weighted by Crippen LogP contribution is -2.33. The molecule has 0 radical (unpaired) electrons. The van der Waals surface area contributed by atoms with Gasteiger partial charge in [-0.1, -0.05) is 6.07 Å². The van der Waals surface area contributed by atoms with Crippen LogP contribution in [0.1, 0.15) is 26.3 Å². The van der Waals surface area contributed by atoms with Crippen LogP contribution in [-0.4, -0.2) is 23.2 Å². The highest BCUT2D eigenvalue weighted by atomic mass is 19.1. The smallest absolute Gasteiger partial charge is 0.405 e. The Kier molecular flexibility index (Phi) is 6.40. The summed E-state index contributed by atoms with van der Waals surface area (Å²) in [7, 11) is 0. The average molecular weight is 392 g/mol. The standard InChI is InChI=1S/C19H21FN2O6/c1-4-26-17-9-13(22(24)25)6-8-16(17)27-14-7-5-12(15(20)10-14)11-19(2,3)28-18(21)23/h5-10H,4,11H2,1-3H3,(H2,21,23). The minimum absolute atomic E-state index is 0.115. The summed E-state index contributed by atoms with van der Waals surface area (Å²) in [6.07, 6.45) is -0.823. The zero-order valence-electron chi connectivity index (χ0n) is 15.7. The molecule has 0 bridgehead atoms. The lowest BCUT2D eigenvalue weighted by Gasteiger charge is -2.24. The van der Waals surface area contributed by atoms with E-state index in [0.717, 1.165) is 0 Å². The van der Waals surface area contributed by atoms with Gasteiger partial charge in [-0.15, -0.1) is 0 Å². The molecule has 0 fully saturated rings. The van der Waals surface area contributed by atoms with Crippen molar-refractivity contribution in [2.24, 2.45) is 5.73 Å². The second kappa shape index (κ2) is 8.55. The number of nitrogens with zero attached hydrogens (tertiary/aromatic N) is 1. The summed E-state index contributed by atoms with van der Waals surface area (Å²) >= 11 is 0. The number of hydrogen-bond acceptors (Lipinski definition) is 6. The number of ether oxygens (including phenoxy) is 3. The molecule has 0 atom stereocenters. The van der Waals surface area contributed by atoms with Gasteiger partial charge in [0.2, 0.25) is 0 Å². The predicted octanol–water partition coefficient (Wildman–Crippen LogP) is 4.34. The SMILES string of the molecule is CCOc1cc([N+](=O)[O-])ccc1Oc1ccc(CC(C)(C)OC(N)=O)c(F)c1. The first kappa shape index (κ1) is 20.9. The topological polar surface area (TPSA) is 114 Å². The lowest BCUT2D eigenvalue weighted by molar-refractivity contribution is -0.385. The van der Waals surface area contributed by atoms with E-state index in [1.165, 1.54) is 36.4 Å². The van der Waals surface area contributed by atoms with E-state index in [1.807, 2.05) is 0 Å². The molecule has 28 heavy (non-hydrogen) atoms. The number of benzene rings is 2. The van der Waals surface area contributed by atoms with E-state index in [4.69, 9.17) is 19.9 Å². The molecule has 0 saturated heterocycles. The molecular weight excluding hydrogens is 371 g/mol. The van der Waals surface area contributed by atoms with Gasteiger partial charge in [-0.05, 0) is 38.5 Å². The number of nitro benzene ring substituents is 1. The number of amides is 1. The van der Waals surface area contributed by atoms with Gasteiger partial charge in [0.25, 0.3) is 5.69 Å². The third kappa shape index (κ3) is 5.57. The van der Waals surface area contributed by atoms with Gasteiger partial charge in [-0.2, -0.15) is 0 Å². The third-order valence-corrected chi connectivity index (χ3v) is 3.68. The largest absolute Gasteiger partial charge is 0.490 e. The Balaban J connectivity index is 2.23. The Morgan fingerprint density at radius 1 is 1.21 bits per heavy atom. The van der Waals surface area contributed by atoms with E-state index < -0.39 is 22.4 Å². The first-order valence-electron chi connectivity index (χ1n) is 8.47. The highest BCUT2D eigenvalue weighted by molar-refractivity contribution is 5.65. The molecular formula is C19H21FN2O6. The number of rotatable bonds is 8. The van der Waals surface area contributed by atoms with Crippen LogP contribution in [0.3, 0.4) is 0 Å². The van der Waals surface area contributed by atoms with E-state index in [1.54, 1.807) is 20.8 Å². The van der Waals surface area contributed by atoms with Gasteiger partial charge in [0.05, 0.1) is 17.6 Å². The van der Waals surface area contributed by atoms with Crippen LogP contribution in [0.25, 0.3) is 0 Å². The summed E-state index contributed by atoms with van der Waals surface area (Å²) in [4.78, 5) is 21.3. The molecule has 2 aromatic rings. The predicted molar refractivity (Wildman–Crippen MR) is 99.2 cm³/mol. The molecule has 2 rings (SSSR count). The Hall–Kier alpha value is -3.36. The second-order valence-electron chi connectivity index (χ2n) is 6.53. The summed E-state index contributed by atoms with van der Waals surface area (Å²) < 4.78 is 30.4. The number of halogens is 1. The molecule has 9 heteroatoms. The van der Waals surface area contributed by atoms with Crippen LogP contribution in [0.2, 0.25) is 0 Å². The van der Waals surface area contributed by atoms with Crippen molar-refractivity contribution in [2.75, 3.05) is 6.61 Å². The molecule has 0 aromatic heterocycles. The van der Waals surface area contributed by atoms with Crippen LogP contribution in [0.5, 0.6) is 17.2 Å². The molecule has 2 aromatic carbocycles. The zero-order chi connectivity index (χ0) is 20.9. The molecule has 1 amide bonds. The number of hydrogen-bond donors (Lipinski definition) is 1. The summed E-state index contributed by atoms with van der Waals surface area (Å²) in [5.41, 5.74) is 4.21. The fourth-order valence-electron chi connectivity index (χ4n) is 2.59. The van der Waals surface area contributed by atoms with Crippen LogP contribution < -0.4 is 15.2 Å². The van der Waals surface area contributed by atoms with Crippen LogP contribution in [0.4, 0.5) is 14.9 Å². The van der Waals surface area contributed by atoms with E-state index in [9.17, 15) is 19.3 Å².